The van der Waals surface area contributed by atoms with Crippen molar-refractivity contribution >= 4 is 23.4 Å². The third-order valence-electron chi connectivity index (χ3n) is 5.75. The Morgan fingerprint density at radius 3 is 2.36 bits per heavy atom. The zero-order valence-electron chi connectivity index (χ0n) is 18.7. The number of carbonyl (C=O) groups excluding carboxylic acids is 3. The lowest BCUT2D eigenvalue weighted by atomic mass is 9.79. The van der Waals surface area contributed by atoms with Crippen LogP contribution in [0.15, 0.2) is 59.3 Å². The molecule has 0 bridgehead atoms. The van der Waals surface area contributed by atoms with Crippen LogP contribution in [0, 0.1) is 0 Å². The van der Waals surface area contributed by atoms with Gasteiger partial charge >= 0.3 is 11.9 Å². The summed E-state index contributed by atoms with van der Waals surface area (Å²) in [6.07, 6.45) is 0. The van der Waals surface area contributed by atoms with E-state index in [2.05, 4.69) is 10.1 Å². The van der Waals surface area contributed by atoms with Crippen LogP contribution in [0.3, 0.4) is 0 Å². The maximum atomic E-state index is 13.4. The van der Waals surface area contributed by atoms with Crippen LogP contribution in [0.5, 0.6) is 11.5 Å². The average molecular weight is 449 g/mol. The van der Waals surface area contributed by atoms with Gasteiger partial charge in [0.15, 0.2) is 23.9 Å². The van der Waals surface area contributed by atoms with E-state index in [1.165, 1.54) is 21.3 Å². The molecule has 2 aromatic rings. The molecule has 0 amide bonds. The van der Waals surface area contributed by atoms with Crippen LogP contribution in [-0.4, -0.2) is 45.7 Å². The van der Waals surface area contributed by atoms with Crippen molar-refractivity contribution < 1.29 is 33.3 Å². The largest absolute Gasteiger partial charge is 0.493 e. The number of methoxy groups -OCH3 is 3. The van der Waals surface area contributed by atoms with Crippen molar-refractivity contribution in [3.05, 3.63) is 76.0 Å². The average Bonchev–Trinajstić information content (AvgIpc) is 3.12. The van der Waals surface area contributed by atoms with Crippen molar-refractivity contribution in [2.75, 3.05) is 27.9 Å². The van der Waals surface area contributed by atoms with Gasteiger partial charge in [-0.1, -0.05) is 30.3 Å². The summed E-state index contributed by atoms with van der Waals surface area (Å²) in [7, 11) is 4.04. The molecule has 1 aliphatic heterocycles. The summed E-state index contributed by atoms with van der Waals surface area (Å²) < 4.78 is 20.6. The van der Waals surface area contributed by atoms with Gasteiger partial charge in [-0.05, 0) is 24.6 Å². The number of rotatable bonds is 6. The highest BCUT2D eigenvalue weighted by atomic mass is 16.6. The normalized spacial score (nSPS) is 16.6. The molecule has 0 unspecified atom stereocenters. The Morgan fingerprint density at radius 1 is 0.970 bits per heavy atom. The Kier molecular flexibility index (Phi) is 5.91. The molecule has 0 saturated heterocycles. The number of carbonyl (C=O) groups is 3. The second kappa shape index (κ2) is 8.82. The predicted octanol–water partition coefficient (Wildman–Crippen LogP) is 2.99. The topological polar surface area (TPSA) is 100 Å². The molecule has 1 atom stereocenters. The lowest BCUT2D eigenvalue weighted by Crippen LogP contribution is -2.29. The first kappa shape index (κ1) is 22.1. The molecule has 0 radical (unpaired) electrons. The van der Waals surface area contributed by atoms with Crippen LogP contribution in [0.1, 0.15) is 34.3 Å². The van der Waals surface area contributed by atoms with Crippen LogP contribution >= 0.6 is 0 Å². The van der Waals surface area contributed by atoms with E-state index in [1.807, 2.05) is 18.2 Å². The molecule has 1 heterocycles. The lowest BCUT2D eigenvalue weighted by molar-refractivity contribution is -0.143. The summed E-state index contributed by atoms with van der Waals surface area (Å²) >= 11 is 0. The molecule has 170 valence electrons. The number of nitrogens with one attached hydrogen (secondary N) is 1. The zero-order valence-corrected chi connectivity index (χ0v) is 18.7. The van der Waals surface area contributed by atoms with E-state index in [0.717, 1.165) is 5.56 Å². The smallest absolute Gasteiger partial charge is 0.343 e. The molecule has 4 rings (SSSR count). The van der Waals surface area contributed by atoms with E-state index in [1.54, 1.807) is 31.2 Å². The molecule has 8 nitrogen and oxygen atoms in total. The molecule has 2 aromatic carbocycles. The van der Waals surface area contributed by atoms with Gasteiger partial charge in [-0.3, -0.25) is 4.79 Å². The lowest BCUT2D eigenvalue weighted by Gasteiger charge is -2.29. The number of hydrogen-bond donors (Lipinski definition) is 1. The van der Waals surface area contributed by atoms with Gasteiger partial charge < -0.3 is 24.3 Å². The Balaban J connectivity index is 1.84. The SMILES string of the molecule is COC(=O)COc1ccc([C@@H]2C(C(=O)OC)=C(C)NC3=C2C(=O)c2ccccc23)cc1OC. The van der Waals surface area contributed by atoms with E-state index < -0.39 is 17.9 Å². The standard InChI is InChI=1S/C25H23NO7/c1-13-20(25(29)32-4)21(22-23(26-13)15-7-5-6-8-16(15)24(22)28)14-9-10-17(18(11-14)30-2)33-12-19(27)31-3/h5-11,21,26H,12H2,1-4H3/t21-/m1/s1. The third-order valence-corrected chi connectivity index (χ3v) is 5.75. The van der Waals surface area contributed by atoms with E-state index in [-0.39, 0.29) is 12.4 Å². The molecule has 0 spiro atoms. The highest BCUT2D eigenvalue weighted by Crippen LogP contribution is 2.47. The van der Waals surface area contributed by atoms with Crippen molar-refractivity contribution in [1.29, 1.82) is 0 Å². The number of hydrogen-bond acceptors (Lipinski definition) is 8. The van der Waals surface area contributed by atoms with E-state index >= 15 is 0 Å². The monoisotopic (exact) mass is 449 g/mol. The molecule has 8 heteroatoms. The summed E-state index contributed by atoms with van der Waals surface area (Å²) in [5.74, 6) is -1.23. The third kappa shape index (κ3) is 3.73. The van der Waals surface area contributed by atoms with Gasteiger partial charge in [-0.15, -0.1) is 0 Å². The Labute approximate surface area is 190 Å². The summed E-state index contributed by atoms with van der Waals surface area (Å²) in [4.78, 5) is 37.7. The first-order valence-electron chi connectivity index (χ1n) is 10.2. The summed E-state index contributed by atoms with van der Waals surface area (Å²) in [6, 6.07) is 12.4. The van der Waals surface area contributed by atoms with Gasteiger partial charge in [0.2, 0.25) is 0 Å². The van der Waals surface area contributed by atoms with Crippen LogP contribution in [0.25, 0.3) is 5.70 Å². The van der Waals surface area contributed by atoms with Crippen molar-refractivity contribution in [3.63, 3.8) is 0 Å². The minimum absolute atomic E-state index is 0.156. The first-order chi connectivity index (χ1) is 15.9. The molecule has 1 N–H and O–H groups in total. The molecule has 0 fully saturated rings. The minimum atomic E-state index is -0.683. The Hall–Kier alpha value is -4.07. The Bertz CT molecular complexity index is 1230. The van der Waals surface area contributed by atoms with Crippen LogP contribution in [0.4, 0.5) is 0 Å². The van der Waals surface area contributed by atoms with Crippen molar-refractivity contribution in [2.24, 2.45) is 0 Å². The highest BCUT2D eigenvalue weighted by Gasteiger charge is 2.43. The fourth-order valence-corrected chi connectivity index (χ4v) is 4.22. The number of allylic oxidation sites excluding steroid dienone is 2. The molecule has 2 aliphatic rings. The van der Waals surface area contributed by atoms with E-state index in [0.29, 0.717) is 45.2 Å². The second-order valence-electron chi connectivity index (χ2n) is 7.53. The van der Waals surface area contributed by atoms with E-state index in [4.69, 9.17) is 14.2 Å². The first-order valence-corrected chi connectivity index (χ1v) is 10.2. The van der Waals surface area contributed by atoms with Gasteiger partial charge in [0.1, 0.15) is 0 Å². The van der Waals surface area contributed by atoms with Gasteiger partial charge in [0.05, 0.1) is 32.6 Å². The maximum Gasteiger partial charge on any atom is 0.343 e. The Morgan fingerprint density at radius 2 is 1.70 bits per heavy atom. The number of ether oxygens (including phenoxy) is 4. The predicted molar refractivity (Wildman–Crippen MR) is 119 cm³/mol. The van der Waals surface area contributed by atoms with Crippen molar-refractivity contribution in [2.45, 2.75) is 12.8 Å². The molecule has 33 heavy (non-hydrogen) atoms. The van der Waals surface area contributed by atoms with E-state index in [9.17, 15) is 14.4 Å². The second-order valence-corrected chi connectivity index (χ2v) is 7.53. The van der Waals surface area contributed by atoms with Gasteiger partial charge in [0, 0.05) is 28.3 Å². The molecular formula is C25H23NO7. The number of benzene rings is 2. The van der Waals surface area contributed by atoms with Crippen molar-refractivity contribution in [3.8, 4) is 11.5 Å². The molecule has 1 aliphatic carbocycles. The summed E-state index contributed by atoms with van der Waals surface area (Å²) in [5.41, 5.74) is 4.08. The van der Waals surface area contributed by atoms with Crippen LogP contribution in [0.2, 0.25) is 0 Å². The molecular weight excluding hydrogens is 426 g/mol. The molecule has 0 saturated carbocycles. The highest BCUT2D eigenvalue weighted by molar-refractivity contribution is 6.23. The van der Waals surface area contributed by atoms with Gasteiger partial charge in [0.25, 0.3) is 0 Å². The number of fused-ring (bicyclic) bond motifs is 2. The van der Waals surface area contributed by atoms with Gasteiger partial charge in [-0.2, -0.15) is 0 Å². The quantitative estimate of drug-likeness (QED) is 0.672. The number of esters is 2. The van der Waals surface area contributed by atoms with Crippen LogP contribution < -0.4 is 14.8 Å². The summed E-state index contributed by atoms with van der Waals surface area (Å²) in [5, 5.41) is 3.24. The minimum Gasteiger partial charge on any atom is -0.493 e. The van der Waals surface area contributed by atoms with Crippen LogP contribution in [-0.2, 0) is 19.1 Å². The number of dihydropyridines is 1. The maximum absolute atomic E-state index is 13.4. The summed E-state index contributed by atoms with van der Waals surface area (Å²) in [6.45, 7) is 1.49. The number of Topliss-reactive ketones (excluding diaryl/α,β-unsaturated/α-hetero) is 1. The fraction of sp³-hybridized carbons (Fsp3) is 0.240. The number of ketones is 1. The van der Waals surface area contributed by atoms with Gasteiger partial charge in [-0.25, -0.2) is 9.59 Å². The molecule has 0 aromatic heterocycles. The zero-order chi connectivity index (χ0) is 23.7. The fourth-order valence-electron chi connectivity index (χ4n) is 4.22. The van der Waals surface area contributed by atoms with Crippen molar-refractivity contribution in [1.82, 2.24) is 5.32 Å².